The molecule has 0 saturated heterocycles. The molecule has 0 aliphatic carbocycles. The first-order valence-electron chi connectivity index (χ1n) is 5.65. The van der Waals surface area contributed by atoms with E-state index < -0.39 is 0 Å². The summed E-state index contributed by atoms with van der Waals surface area (Å²) in [7, 11) is 0. The molecule has 0 rings (SSSR count). The maximum absolute atomic E-state index is 8.48. The Morgan fingerprint density at radius 1 is 0.778 bits per heavy atom. The third kappa shape index (κ3) is 36.0. The van der Waals surface area contributed by atoms with E-state index in [4.69, 9.17) is 25.5 Å². The number of rotatable bonds is 7. The van der Waals surface area contributed by atoms with Gasteiger partial charge in [0.1, 0.15) is 0 Å². The summed E-state index contributed by atoms with van der Waals surface area (Å²) < 4.78 is 0. The molecule has 0 aromatic carbocycles. The zero-order valence-electron chi connectivity index (χ0n) is 10.6. The molecule has 7 N–H and O–H groups in total. The first kappa shape index (κ1) is 27.1. The van der Waals surface area contributed by atoms with Gasteiger partial charge in [-0.25, -0.2) is 0 Å². The van der Waals surface area contributed by atoms with Gasteiger partial charge in [0.15, 0.2) is 0 Å². The van der Waals surface area contributed by atoms with Crippen molar-refractivity contribution in [3.63, 3.8) is 0 Å². The monoisotopic (exact) mass is 280 g/mol. The van der Waals surface area contributed by atoms with E-state index in [-0.39, 0.29) is 56.1 Å². The fourth-order valence-corrected chi connectivity index (χ4v) is 0.760. The molecule has 0 saturated carbocycles. The Morgan fingerprint density at radius 3 is 1.11 bits per heavy atom. The molecule has 0 aliphatic heterocycles. The van der Waals surface area contributed by atoms with Gasteiger partial charge < -0.3 is 31.3 Å². The van der Waals surface area contributed by atoms with Gasteiger partial charge in [0.2, 0.25) is 0 Å². The van der Waals surface area contributed by atoms with Gasteiger partial charge >= 0.3 is 29.6 Å². The average molecular weight is 280 g/mol. The molecule has 0 amide bonds. The van der Waals surface area contributed by atoms with Crippen molar-refractivity contribution in [2.24, 2.45) is 5.73 Å². The molecule has 0 aromatic rings. The zero-order valence-corrected chi connectivity index (χ0v) is 10.6. The van der Waals surface area contributed by atoms with Gasteiger partial charge in [-0.3, -0.25) is 4.90 Å². The van der Waals surface area contributed by atoms with Crippen LogP contribution < -0.4 is 5.73 Å². The Morgan fingerprint density at radius 2 is 1.00 bits per heavy atom. The van der Waals surface area contributed by atoms with E-state index in [1.807, 2.05) is 6.92 Å². The van der Waals surface area contributed by atoms with Crippen LogP contribution in [0.5, 0.6) is 0 Å². The minimum absolute atomic E-state index is 0. The molecule has 0 unspecified atom stereocenters. The van der Waals surface area contributed by atoms with Gasteiger partial charge in [-0.2, -0.15) is 0 Å². The molecular formula is C10H29N2NaO5. The average Bonchev–Trinajstić information content (AvgIpc) is 2.31. The fourth-order valence-electron chi connectivity index (χ4n) is 0.760. The van der Waals surface area contributed by atoms with Gasteiger partial charge in [-0.1, -0.05) is 6.92 Å². The van der Waals surface area contributed by atoms with Crippen LogP contribution in [0.1, 0.15) is 13.3 Å². The van der Waals surface area contributed by atoms with Crippen LogP contribution in [0.15, 0.2) is 0 Å². The Balaban J connectivity index is -0.000000103. The quantitative estimate of drug-likeness (QED) is 0.215. The van der Waals surface area contributed by atoms with Gasteiger partial charge in [-0.15, -0.1) is 0 Å². The molecule has 0 heterocycles. The molecule has 7 nitrogen and oxygen atoms in total. The molecule has 18 heavy (non-hydrogen) atoms. The maximum atomic E-state index is 8.48. The Bertz CT molecular complexity index is 98.0. The number of aliphatic hydroxyl groups excluding tert-OH is 5. The summed E-state index contributed by atoms with van der Waals surface area (Å²) in [4.78, 5) is 1.79. The van der Waals surface area contributed by atoms with Gasteiger partial charge in [0, 0.05) is 26.2 Å². The van der Waals surface area contributed by atoms with E-state index in [1.54, 1.807) is 4.90 Å². The van der Waals surface area contributed by atoms with Gasteiger partial charge in [0.25, 0.3) is 0 Å². The third-order valence-corrected chi connectivity index (χ3v) is 1.47. The molecule has 0 aliphatic rings. The van der Waals surface area contributed by atoms with E-state index >= 15 is 0 Å². The molecule has 110 valence electrons. The number of hydrogen-bond acceptors (Lipinski definition) is 7. The van der Waals surface area contributed by atoms with E-state index in [0.29, 0.717) is 26.2 Å². The fraction of sp³-hybridized carbons (Fsp3) is 1.00. The molecule has 0 radical (unpaired) electrons. The summed E-state index contributed by atoms with van der Waals surface area (Å²) in [5, 5.41) is 40.7. The summed E-state index contributed by atoms with van der Waals surface area (Å²) >= 11 is 0. The van der Waals surface area contributed by atoms with E-state index in [0.717, 1.165) is 6.42 Å². The van der Waals surface area contributed by atoms with E-state index in [9.17, 15) is 0 Å². The number of nitrogens with two attached hydrogens (primary N) is 1. The van der Waals surface area contributed by atoms with Crippen LogP contribution in [0.4, 0.5) is 0 Å². The Labute approximate surface area is 132 Å². The van der Waals surface area contributed by atoms with Crippen molar-refractivity contribution in [2.75, 3.05) is 52.8 Å². The third-order valence-electron chi connectivity index (χ3n) is 1.47. The molecule has 8 heteroatoms. The van der Waals surface area contributed by atoms with E-state index in [2.05, 4.69) is 5.73 Å². The van der Waals surface area contributed by atoms with Crippen LogP contribution >= 0.6 is 0 Å². The Hall–Kier alpha value is 0.720. The van der Waals surface area contributed by atoms with Crippen LogP contribution in [-0.2, 0) is 0 Å². The zero-order chi connectivity index (χ0) is 13.9. The van der Waals surface area contributed by atoms with Crippen LogP contribution in [0.25, 0.3) is 0 Å². The standard InChI is InChI=1S/C6H15NO3.C3H8O.CH5NO.Na.H/c8-4-1-7(2-5-9)3-6-10;1-2-3-4;2-1-3;;/h8-10H,1-6H2;4H,2-3H2,1H3;3H,1-2H2;;. The second-order valence-corrected chi connectivity index (χ2v) is 2.92. The van der Waals surface area contributed by atoms with Crippen LogP contribution in [0.3, 0.4) is 0 Å². The predicted molar refractivity (Wildman–Crippen MR) is 73.5 cm³/mol. The van der Waals surface area contributed by atoms with Gasteiger partial charge in [-0.05, 0) is 6.42 Å². The molecule has 0 bridgehead atoms. The topological polar surface area (TPSA) is 130 Å². The van der Waals surface area contributed by atoms with Crippen molar-refractivity contribution in [1.82, 2.24) is 4.90 Å². The van der Waals surface area contributed by atoms with Crippen LogP contribution in [0.2, 0.25) is 0 Å². The van der Waals surface area contributed by atoms with Crippen molar-refractivity contribution in [3.05, 3.63) is 0 Å². The first-order chi connectivity index (χ1) is 8.17. The second-order valence-electron chi connectivity index (χ2n) is 2.92. The predicted octanol–water partition coefficient (Wildman–Crippen LogP) is -3.10. The summed E-state index contributed by atoms with van der Waals surface area (Å²) in [5.74, 6) is 0. The van der Waals surface area contributed by atoms with Crippen molar-refractivity contribution in [3.8, 4) is 0 Å². The minimum atomic E-state index is -0.250. The van der Waals surface area contributed by atoms with Crippen molar-refractivity contribution in [1.29, 1.82) is 0 Å². The molecule has 0 spiro atoms. The number of hydrogen-bond donors (Lipinski definition) is 6. The first-order valence-corrected chi connectivity index (χ1v) is 5.65. The second kappa shape index (κ2) is 30.6. The summed E-state index contributed by atoms with van der Waals surface area (Å²) in [6.45, 7) is 3.75. The van der Waals surface area contributed by atoms with Gasteiger partial charge in [0.05, 0.1) is 26.6 Å². The van der Waals surface area contributed by atoms with Crippen LogP contribution in [-0.4, -0.2) is 113 Å². The van der Waals surface area contributed by atoms with E-state index in [1.165, 1.54) is 0 Å². The molecular weight excluding hydrogens is 251 g/mol. The summed E-state index contributed by atoms with van der Waals surface area (Å²) in [6.07, 6.45) is 0.875. The molecule has 0 aromatic heterocycles. The number of aliphatic hydroxyl groups is 5. The van der Waals surface area contributed by atoms with Crippen molar-refractivity contribution < 1.29 is 25.5 Å². The SMILES string of the molecule is CCCO.NCO.OCCN(CCO)CCO.[NaH]. The summed E-state index contributed by atoms with van der Waals surface area (Å²) in [5.41, 5.74) is 4.40. The van der Waals surface area contributed by atoms with Crippen LogP contribution in [0, 0.1) is 0 Å². The summed E-state index contributed by atoms with van der Waals surface area (Å²) in [6, 6.07) is 0. The molecule has 0 fully saturated rings. The Kier molecular flexibility index (Phi) is 46.1. The number of nitrogens with zero attached hydrogens (tertiary/aromatic N) is 1. The molecule has 0 atom stereocenters. The van der Waals surface area contributed by atoms with Crippen molar-refractivity contribution in [2.45, 2.75) is 13.3 Å². The van der Waals surface area contributed by atoms with Crippen molar-refractivity contribution >= 4 is 29.6 Å². The normalized spacial score (nSPS) is 8.67.